The molecule has 0 rings (SSSR count). The molecule has 0 bridgehead atoms. The highest BCUT2D eigenvalue weighted by Gasteiger charge is 2.05. The summed E-state index contributed by atoms with van der Waals surface area (Å²) in [4.78, 5) is 0. The summed E-state index contributed by atoms with van der Waals surface area (Å²) in [7, 11) is 1.63. The van der Waals surface area contributed by atoms with Crippen molar-refractivity contribution in [3.8, 4) is 0 Å². The molecule has 2 atom stereocenters. The van der Waals surface area contributed by atoms with E-state index in [4.69, 9.17) is 15.6 Å². The van der Waals surface area contributed by atoms with Crippen molar-refractivity contribution >= 4 is 0 Å². The zero-order valence-electron chi connectivity index (χ0n) is 6.00. The molecular formula is C6H15NO2. The van der Waals surface area contributed by atoms with E-state index in [0.717, 1.165) is 0 Å². The summed E-state index contributed by atoms with van der Waals surface area (Å²) in [6.07, 6.45) is 0.861. The van der Waals surface area contributed by atoms with E-state index in [0.29, 0.717) is 6.42 Å². The van der Waals surface area contributed by atoms with Crippen molar-refractivity contribution in [2.45, 2.75) is 25.5 Å². The molecule has 3 heteroatoms. The van der Waals surface area contributed by atoms with Gasteiger partial charge in [0.1, 0.15) is 0 Å². The van der Waals surface area contributed by atoms with Crippen LogP contribution < -0.4 is 5.73 Å². The minimum Gasteiger partial charge on any atom is -0.395 e. The van der Waals surface area contributed by atoms with Crippen molar-refractivity contribution < 1.29 is 9.84 Å². The Labute approximate surface area is 55.8 Å². The molecule has 0 radical (unpaired) electrons. The monoisotopic (exact) mass is 133 g/mol. The number of nitrogens with two attached hydrogens (primary N) is 1. The van der Waals surface area contributed by atoms with Gasteiger partial charge >= 0.3 is 0 Å². The molecular weight excluding hydrogens is 118 g/mol. The molecule has 3 N–H and O–H groups in total. The van der Waals surface area contributed by atoms with Gasteiger partial charge in [-0.15, -0.1) is 0 Å². The Balaban J connectivity index is 3.22. The summed E-state index contributed by atoms with van der Waals surface area (Å²) in [6, 6.07) is -0.139. The van der Waals surface area contributed by atoms with Crippen molar-refractivity contribution in [1.29, 1.82) is 0 Å². The first-order valence-electron chi connectivity index (χ1n) is 3.10. The second-order valence-corrected chi connectivity index (χ2v) is 2.22. The summed E-state index contributed by atoms with van der Waals surface area (Å²) in [5.74, 6) is 0. The topological polar surface area (TPSA) is 55.5 Å². The van der Waals surface area contributed by atoms with E-state index in [-0.39, 0.29) is 18.8 Å². The molecule has 3 nitrogen and oxygen atoms in total. The number of ether oxygens (including phenoxy) is 1. The molecule has 0 unspecified atom stereocenters. The molecule has 0 aromatic heterocycles. The zero-order chi connectivity index (χ0) is 7.28. The summed E-state index contributed by atoms with van der Waals surface area (Å²) < 4.78 is 4.93. The average Bonchev–Trinajstić information content (AvgIpc) is 1.87. The van der Waals surface area contributed by atoms with Gasteiger partial charge < -0.3 is 15.6 Å². The van der Waals surface area contributed by atoms with Crippen LogP contribution in [0, 0.1) is 0 Å². The number of rotatable bonds is 4. The lowest BCUT2D eigenvalue weighted by Gasteiger charge is -2.12. The van der Waals surface area contributed by atoms with Gasteiger partial charge in [-0.25, -0.2) is 0 Å². The third-order valence-corrected chi connectivity index (χ3v) is 1.27. The fourth-order valence-corrected chi connectivity index (χ4v) is 0.597. The van der Waals surface area contributed by atoms with Gasteiger partial charge in [0, 0.05) is 13.2 Å². The van der Waals surface area contributed by atoms with Crippen molar-refractivity contribution in [2.24, 2.45) is 5.73 Å². The summed E-state index contributed by atoms with van der Waals surface area (Å²) in [6.45, 7) is 1.96. The predicted octanol–water partition coefficient (Wildman–Crippen LogP) is -0.269. The molecule has 0 heterocycles. The molecule has 0 saturated heterocycles. The lowest BCUT2D eigenvalue weighted by molar-refractivity contribution is 0.0959. The van der Waals surface area contributed by atoms with E-state index < -0.39 is 0 Å². The van der Waals surface area contributed by atoms with Gasteiger partial charge in [0.25, 0.3) is 0 Å². The van der Waals surface area contributed by atoms with Crippen LogP contribution in [0.15, 0.2) is 0 Å². The van der Waals surface area contributed by atoms with Gasteiger partial charge in [-0.2, -0.15) is 0 Å². The highest BCUT2D eigenvalue weighted by atomic mass is 16.5. The quantitative estimate of drug-likeness (QED) is 0.555. The SMILES string of the molecule is CO[C@H](C)C[C@H](N)CO. The number of hydrogen-bond donors (Lipinski definition) is 2. The highest BCUT2D eigenvalue weighted by molar-refractivity contribution is 4.62. The molecule has 0 aliphatic rings. The summed E-state index contributed by atoms with van der Waals surface area (Å²) in [5, 5.41) is 8.50. The van der Waals surface area contributed by atoms with E-state index in [2.05, 4.69) is 0 Å². The Kier molecular flexibility index (Phi) is 4.67. The molecule has 0 amide bonds. The maximum atomic E-state index is 8.50. The van der Waals surface area contributed by atoms with Crippen molar-refractivity contribution in [3.63, 3.8) is 0 Å². The fourth-order valence-electron chi connectivity index (χ4n) is 0.597. The van der Waals surface area contributed by atoms with Crippen molar-refractivity contribution in [2.75, 3.05) is 13.7 Å². The lowest BCUT2D eigenvalue weighted by Crippen LogP contribution is -2.29. The number of aliphatic hydroxyl groups excluding tert-OH is 1. The van der Waals surface area contributed by atoms with Gasteiger partial charge in [-0.05, 0) is 13.3 Å². The van der Waals surface area contributed by atoms with Crippen LogP contribution >= 0.6 is 0 Å². The molecule has 0 fully saturated rings. The van der Waals surface area contributed by atoms with E-state index in [1.165, 1.54) is 0 Å². The summed E-state index contributed by atoms with van der Waals surface area (Å²) in [5.41, 5.74) is 5.42. The Morgan fingerprint density at radius 2 is 2.22 bits per heavy atom. The van der Waals surface area contributed by atoms with Crippen LogP contribution in [0.2, 0.25) is 0 Å². The van der Waals surface area contributed by atoms with Crippen LogP contribution in [-0.4, -0.2) is 31.0 Å². The average molecular weight is 133 g/mol. The van der Waals surface area contributed by atoms with E-state index >= 15 is 0 Å². The first-order chi connectivity index (χ1) is 4.20. The first-order valence-corrected chi connectivity index (χ1v) is 3.10. The Bertz CT molecular complexity index is 60.1. The van der Waals surface area contributed by atoms with Crippen LogP contribution in [0.25, 0.3) is 0 Å². The predicted molar refractivity (Wildman–Crippen MR) is 36.1 cm³/mol. The third-order valence-electron chi connectivity index (χ3n) is 1.27. The van der Waals surface area contributed by atoms with Gasteiger partial charge in [-0.1, -0.05) is 0 Å². The zero-order valence-corrected chi connectivity index (χ0v) is 6.00. The van der Waals surface area contributed by atoms with Crippen LogP contribution in [0.1, 0.15) is 13.3 Å². The largest absolute Gasteiger partial charge is 0.395 e. The van der Waals surface area contributed by atoms with Gasteiger partial charge in [0.15, 0.2) is 0 Å². The Hall–Kier alpha value is -0.120. The molecule has 0 aromatic rings. The Morgan fingerprint density at radius 3 is 2.56 bits per heavy atom. The maximum Gasteiger partial charge on any atom is 0.0583 e. The van der Waals surface area contributed by atoms with Gasteiger partial charge in [0.2, 0.25) is 0 Å². The fraction of sp³-hybridized carbons (Fsp3) is 1.00. The molecule has 0 aliphatic heterocycles. The normalized spacial score (nSPS) is 17.3. The molecule has 0 saturated carbocycles. The second-order valence-electron chi connectivity index (χ2n) is 2.22. The maximum absolute atomic E-state index is 8.50. The number of aliphatic hydroxyl groups is 1. The molecule has 0 spiro atoms. The van der Waals surface area contributed by atoms with E-state index in [9.17, 15) is 0 Å². The molecule has 56 valence electrons. The molecule has 0 aromatic carbocycles. The summed E-state index contributed by atoms with van der Waals surface area (Å²) >= 11 is 0. The first kappa shape index (κ1) is 8.88. The standard InChI is InChI=1S/C6H15NO2/c1-5(9-2)3-6(7)4-8/h5-6,8H,3-4,7H2,1-2H3/t5-,6+/m1/s1. The van der Waals surface area contributed by atoms with Crippen LogP contribution in [-0.2, 0) is 4.74 Å². The van der Waals surface area contributed by atoms with E-state index in [1.807, 2.05) is 6.92 Å². The minimum atomic E-state index is -0.139. The smallest absolute Gasteiger partial charge is 0.0583 e. The Morgan fingerprint density at radius 1 is 1.67 bits per heavy atom. The second kappa shape index (κ2) is 4.73. The number of hydrogen-bond acceptors (Lipinski definition) is 3. The van der Waals surface area contributed by atoms with Crippen molar-refractivity contribution in [1.82, 2.24) is 0 Å². The minimum absolute atomic E-state index is 0.0354. The van der Waals surface area contributed by atoms with Crippen LogP contribution in [0.5, 0.6) is 0 Å². The number of methoxy groups -OCH3 is 1. The van der Waals surface area contributed by atoms with Crippen LogP contribution in [0.3, 0.4) is 0 Å². The van der Waals surface area contributed by atoms with Gasteiger partial charge in [0.05, 0.1) is 12.7 Å². The lowest BCUT2D eigenvalue weighted by atomic mass is 10.1. The molecule has 9 heavy (non-hydrogen) atoms. The van der Waals surface area contributed by atoms with E-state index in [1.54, 1.807) is 7.11 Å². The third kappa shape index (κ3) is 4.39. The van der Waals surface area contributed by atoms with Crippen LogP contribution in [0.4, 0.5) is 0 Å². The highest BCUT2D eigenvalue weighted by Crippen LogP contribution is 1.97. The van der Waals surface area contributed by atoms with Crippen molar-refractivity contribution in [3.05, 3.63) is 0 Å². The van der Waals surface area contributed by atoms with Gasteiger partial charge in [-0.3, -0.25) is 0 Å². The molecule has 0 aliphatic carbocycles.